The third kappa shape index (κ3) is 2.67. The number of halogens is 3. The highest BCUT2D eigenvalue weighted by Gasteiger charge is 2.31. The van der Waals surface area contributed by atoms with E-state index in [0.29, 0.717) is 17.7 Å². The summed E-state index contributed by atoms with van der Waals surface area (Å²) in [5.41, 5.74) is 1.81. The summed E-state index contributed by atoms with van der Waals surface area (Å²) in [5.74, 6) is 0. The van der Waals surface area contributed by atoms with Crippen LogP contribution in [-0.4, -0.2) is 21.8 Å². The predicted molar refractivity (Wildman–Crippen MR) is 59.5 cm³/mol. The summed E-state index contributed by atoms with van der Waals surface area (Å²) in [7, 11) is 1.79. The topological polar surface area (TPSA) is 42.7 Å². The summed E-state index contributed by atoms with van der Waals surface area (Å²) in [6, 6.07) is 3.48. The molecule has 0 aliphatic carbocycles. The molecule has 0 fully saturated rings. The first-order chi connectivity index (χ1) is 8.50. The molecule has 0 saturated heterocycles. The fraction of sp³-hybridized carbons (Fsp3) is 0.273. The average molecular weight is 256 g/mol. The van der Waals surface area contributed by atoms with Crippen molar-refractivity contribution in [3.63, 3.8) is 0 Å². The van der Waals surface area contributed by atoms with Crippen LogP contribution in [0.4, 0.5) is 13.2 Å². The van der Waals surface area contributed by atoms with E-state index in [1.807, 2.05) is 0 Å². The van der Waals surface area contributed by atoms with Gasteiger partial charge in [-0.2, -0.15) is 9.78 Å². The Kier molecular flexibility index (Phi) is 3.33. The van der Waals surface area contributed by atoms with Gasteiger partial charge in [0.25, 0.3) is 0 Å². The molecule has 96 valence electrons. The zero-order valence-corrected chi connectivity index (χ0v) is 9.57. The van der Waals surface area contributed by atoms with Gasteiger partial charge in [0.05, 0.1) is 11.9 Å². The molecule has 2 aromatic heterocycles. The van der Waals surface area contributed by atoms with E-state index in [-0.39, 0.29) is 4.68 Å². The second kappa shape index (κ2) is 4.77. The standard InChI is InChI=1S/C11H11F3N4/c1-15-6-10-3-2-8(4-16-10)9-5-17-18(7-9)11(12,13)14/h2-5,7,15H,6H2,1H3. The summed E-state index contributed by atoms with van der Waals surface area (Å²) >= 11 is 0. The van der Waals surface area contributed by atoms with Crippen molar-refractivity contribution in [2.75, 3.05) is 7.05 Å². The van der Waals surface area contributed by atoms with Gasteiger partial charge in [-0.25, -0.2) is 0 Å². The molecule has 0 bridgehead atoms. The van der Waals surface area contributed by atoms with Crippen molar-refractivity contribution in [2.45, 2.75) is 12.8 Å². The number of hydrogen-bond donors (Lipinski definition) is 1. The molecular weight excluding hydrogens is 245 g/mol. The summed E-state index contributed by atoms with van der Waals surface area (Å²) in [4.78, 5) is 4.14. The number of nitrogens with one attached hydrogen (secondary N) is 1. The van der Waals surface area contributed by atoms with Gasteiger partial charge in [0.1, 0.15) is 0 Å². The summed E-state index contributed by atoms with van der Waals surface area (Å²) in [6.07, 6.45) is -0.848. The van der Waals surface area contributed by atoms with Crippen LogP contribution in [0.15, 0.2) is 30.7 Å². The molecule has 0 saturated carbocycles. The van der Waals surface area contributed by atoms with E-state index >= 15 is 0 Å². The minimum atomic E-state index is -4.49. The SMILES string of the molecule is CNCc1ccc(-c2cnn(C(F)(F)F)c2)cn1. The molecule has 2 rings (SSSR count). The van der Waals surface area contributed by atoms with Crippen LogP contribution in [0.5, 0.6) is 0 Å². The minimum Gasteiger partial charge on any atom is -0.314 e. The van der Waals surface area contributed by atoms with Gasteiger partial charge in [0, 0.05) is 30.1 Å². The number of alkyl halides is 3. The second-order valence-electron chi connectivity index (χ2n) is 3.71. The predicted octanol–water partition coefficient (Wildman–Crippen LogP) is 2.14. The average Bonchev–Trinajstić information content (AvgIpc) is 2.79. The third-order valence-electron chi connectivity index (χ3n) is 2.36. The van der Waals surface area contributed by atoms with Crippen molar-refractivity contribution in [2.24, 2.45) is 0 Å². The number of aromatic nitrogens is 3. The van der Waals surface area contributed by atoms with Crippen LogP contribution in [0.1, 0.15) is 5.69 Å². The maximum absolute atomic E-state index is 12.4. The Morgan fingerprint density at radius 3 is 2.50 bits per heavy atom. The highest BCUT2D eigenvalue weighted by atomic mass is 19.4. The molecule has 0 radical (unpaired) electrons. The smallest absolute Gasteiger partial charge is 0.314 e. The molecule has 0 atom stereocenters. The maximum Gasteiger partial charge on any atom is 0.504 e. The first kappa shape index (κ1) is 12.6. The molecule has 7 heteroatoms. The van der Waals surface area contributed by atoms with Crippen LogP contribution in [0.3, 0.4) is 0 Å². The van der Waals surface area contributed by atoms with E-state index in [1.54, 1.807) is 19.2 Å². The number of hydrogen-bond acceptors (Lipinski definition) is 3. The second-order valence-corrected chi connectivity index (χ2v) is 3.71. The monoisotopic (exact) mass is 256 g/mol. The Balaban J connectivity index is 2.23. The number of nitrogens with zero attached hydrogens (tertiary/aromatic N) is 3. The molecular formula is C11H11F3N4. The van der Waals surface area contributed by atoms with Crippen molar-refractivity contribution in [3.8, 4) is 11.1 Å². The first-order valence-corrected chi connectivity index (χ1v) is 5.22. The van der Waals surface area contributed by atoms with E-state index in [1.165, 1.54) is 12.4 Å². The number of pyridine rings is 1. The van der Waals surface area contributed by atoms with Crippen molar-refractivity contribution >= 4 is 0 Å². The maximum atomic E-state index is 12.4. The van der Waals surface area contributed by atoms with Crippen LogP contribution in [-0.2, 0) is 12.8 Å². The van der Waals surface area contributed by atoms with Gasteiger partial charge in [0.15, 0.2) is 0 Å². The van der Waals surface area contributed by atoms with Crippen LogP contribution < -0.4 is 5.32 Å². The lowest BCUT2D eigenvalue weighted by molar-refractivity contribution is -0.212. The van der Waals surface area contributed by atoms with Crippen molar-refractivity contribution in [3.05, 3.63) is 36.4 Å². The summed E-state index contributed by atoms with van der Waals surface area (Å²) < 4.78 is 37.1. The van der Waals surface area contributed by atoms with E-state index in [4.69, 9.17) is 0 Å². The Bertz CT molecular complexity index is 516. The van der Waals surface area contributed by atoms with Crippen LogP contribution >= 0.6 is 0 Å². The molecule has 18 heavy (non-hydrogen) atoms. The minimum absolute atomic E-state index is 0.0240. The molecule has 0 amide bonds. The van der Waals surface area contributed by atoms with Gasteiger partial charge in [-0.3, -0.25) is 4.98 Å². The Hall–Kier alpha value is -1.89. The van der Waals surface area contributed by atoms with Gasteiger partial charge in [-0.1, -0.05) is 6.07 Å². The van der Waals surface area contributed by atoms with Crippen molar-refractivity contribution in [1.82, 2.24) is 20.1 Å². The van der Waals surface area contributed by atoms with E-state index < -0.39 is 6.30 Å². The Morgan fingerprint density at radius 1 is 1.22 bits per heavy atom. The summed E-state index contributed by atoms with van der Waals surface area (Å²) in [6.45, 7) is 0.613. The Labute approximate surface area is 101 Å². The lowest BCUT2D eigenvalue weighted by Crippen LogP contribution is -2.16. The van der Waals surface area contributed by atoms with Crippen molar-refractivity contribution in [1.29, 1.82) is 0 Å². The molecule has 2 aromatic rings. The normalized spacial score (nSPS) is 11.8. The van der Waals surface area contributed by atoms with Gasteiger partial charge in [-0.05, 0) is 13.1 Å². The molecule has 0 aliphatic heterocycles. The molecule has 1 N–H and O–H groups in total. The fourth-order valence-electron chi connectivity index (χ4n) is 1.49. The molecule has 0 aromatic carbocycles. The zero-order valence-electron chi connectivity index (χ0n) is 9.57. The van der Waals surface area contributed by atoms with E-state index in [0.717, 1.165) is 11.9 Å². The lowest BCUT2D eigenvalue weighted by atomic mass is 10.1. The molecule has 0 unspecified atom stereocenters. The van der Waals surface area contributed by atoms with E-state index in [9.17, 15) is 13.2 Å². The number of rotatable bonds is 3. The highest BCUT2D eigenvalue weighted by molar-refractivity contribution is 5.60. The third-order valence-corrected chi connectivity index (χ3v) is 2.36. The molecule has 4 nitrogen and oxygen atoms in total. The first-order valence-electron chi connectivity index (χ1n) is 5.22. The highest BCUT2D eigenvalue weighted by Crippen LogP contribution is 2.25. The largest absolute Gasteiger partial charge is 0.504 e. The van der Waals surface area contributed by atoms with Crippen LogP contribution in [0, 0.1) is 0 Å². The Morgan fingerprint density at radius 2 is 2.00 bits per heavy atom. The fourth-order valence-corrected chi connectivity index (χ4v) is 1.49. The molecule has 0 aliphatic rings. The quantitative estimate of drug-likeness (QED) is 0.914. The summed E-state index contributed by atoms with van der Waals surface area (Å²) in [5, 5.41) is 6.21. The molecule has 0 spiro atoms. The van der Waals surface area contributed by atoms with E-state index in [2.05, 4.69) is 15.4 Å². The van der Waals surface area contributed by atoms with Gasteiger partial charge >= 0.3 is 6.30 Å². The van der Waals surface area contributed by atoms with Crippen LogP contribution in [0.25, 0.3) is 11.1 Å². The van der Waals surface area contributed by atoms with Crippen LogP contribution in [0.2, 0.25) is 0 Å². The van der Waals surface area contributed by atoms with Gasteiger partial charge in [-0.15, -0.1) is 13.2 Å². The van der Waals surface area contributed by atoms with Crippen molar-refractivity contribution < 1.29 is 13.2 Å². The lowest BCUT2D eigenvalue weighted by Gasteiger charge is -2.04. The molecule has 2 heterocycles. The van der Waals surface area contributed by atoms with Gasteiger partial charge < -0.3 is 5.32 Å². The van der Waals surface area contributed by atoms with Gasteiger partial charge in [0.2, 0.25) is 0 Å². The zero-order chi connectivity index (χ0) is 13.2.